The zero-order chi connectivity index (χ0) is 21.8. The molecular weight excluding hydrogens is 397 g/mol. The summed E-state index contributed by atoms with van der Waals surface area (Å²) in [7, 11) is 3.02. The Balaban J connectivity index is 1.66. The van der Waals surface area contributed by atoms with Crippen LogP contribution in [0.4, 0.5) is 10.1 Å². The van der Waals surface area contributed by atoms with Crippen molar-refractivity contribution in [3.63, 3.8) is 0 Å². The van der Waals surface area contributed by atoms with Gasteiger partial charge >= 0.3 is 0 Å². The van der Waals surface area contributed by atoms with Gasteiger partial charge < -0.3 is 19.1 Å². The van der Waals surface area contributed by atoms with E-state index in [9.17, 15) is 9.18 Å². The molecule has 0 fully saturated rings. The first-order valence-electron chi connectivity index (χ1n) is 10.1. The molecule has 1 heterocycles. The second kappa shape index (κ2) is 9.08. The molecule has 0 bridgehead atoms. The predicted molar refractivity (Wildman–Crippen MR) is 117 cm³/mol. The average molecular weight is 421 g/mol. The van der Waals surface area contributed by atoms with E-state index in [0.717, 1.165) is 24.0 Å². The largest absolute Gasteiger partial charge is 0.493 e. The molecule has 0 aromatic heterocycles. The van der Waals surface area contributed by atoms with E-state index < -0.39 is 5.82 Å². The lowest BCUT2D eigenvalue weighted by Gasteiger charge is -2.30. The van der Waals surface area contributed by atoms with Crippen LogP contribution in [0.3, 0.4) is 0 Å². The quantitative estimate of drug-likeness (QED) is 0.561. The van der Waals surface area contributed by atoms with Gasteiger partial charge in [-0.3, -0.25) is 4.79 Å². The standard InChI is InChI=1S/C25H24FNO4/c1-29-21-14-19(15-22(30-2)24(21)31-16-17-8-4-3-5-9-17)25(28)27-13-7-11-18-10-6-12-20(26)23(18)27/h3-6,8-10,12,14-15H,7,11,13,16H2,1-2H3. The van der Waals surface area contributed by atoms with Crippen molar-refractivity contribution in [3.8, 4) is 17.2 Å². The van der Waals surface area contributed by atoms with Gasteiger partial charge in [0, 0.05) is 12.1 Å². The fourth-order valence-electron chi connectivity index (χ4n) is 3.84. The monoisotopic (exact) mass is 421 g/mol. The van der Waals surface area contributed by atoms with Crippen LogP contribution in [0.15, 0.2) is 60.7 Å². The first-order chi connectivity index (χ1) is 15.1. The van der Waals surface area contributed by atoms with Crippen LogP contribution in [0, 0.1) is 5.82 Å². The molecule has 0 unspecified atom stereocenters. The molecule has 1 amide bonds. The van der Waals surface area contributed by atoms with Crippen molar-refractivity contribution in [1.29, 1.82) is 0 Å². The number of methoxy groups -OCH3 is 2. The van der Waals surface area contributed by atoms with Gasteiger partial charge in [0.1, 0.15) is 12.4 Å². The van der Waals surface area contributed by atoms with Gasteiger partial charge in [0.15, 0.2) is 11.5 Å². The zero-order valence-corrected chi connectivity index (χ0v) is 17.6. The van der Waals surface area contributed by atoms with E-state index in [-0.39, 0.29) is 5.91 Å². The molecule has 0 saturated carbocycles. The topological polar surface area (TPSA) is 48.0 Å². The number of nitrogens with zero attached hydrogens (tertiary/aromatic N) is 1. The van der Waals surface area contributed by atoms with E-state index in [1.165, 1.54) is 25.2 Å². The highest BCUT2D eigenvalue weighted by Crippen LogP contribution is 2.40. The third kappa shape index (κ3) is 4.19. The molecule has 0 spiro atoms. The summed E-state index contributed by atoms with van der Waals surface area (Å²) in [6.45, 7) is 0.773. The molecule has 0 radical (unpaired) electrons. The van der Waals surface area contributed by atoms with Crippen molar-refractivity contribution in [2.24, 2.45) is 0 Å². The zero-order valence-electron chi connectivity index (χ0n) is 17.6. The van der Waals surface area contributed by atoms with Crippen LogP contribution < -0.4 is 19.1 Å². The van der Waals surface area contributed by atoms with Crippen molar-refractivity contribution in [1.82, 2.24) is 0 Å². The van der Waals surface area contributed by atoms with E-state index >= 15 is 0 Å². The van der Waals surface area contributed by atoms with Crippen molar-refractivity contribution in [2.75, 3.05) is 25.7 Å². The van der Waals surface area contributed by atoms with E-state index in [2.05, 4.69) is 0 Å². The Labute approximate surface area is 181 Å². The Morgan fingerprint density at radius 1 is 1.00 bits per heavy atom. The van der Waals surface area contributed by atoms with Crippen molar-refractivity contribution in [2.45, 2.75) is 19.4 Å². The molecule has 160 valence electrons. The average Bonchev–Trinajstić information content (AvgIpc) is 2.82. The number of aryl methyl sites for hydroxylation is 1. The number of fused-ring (bicyclic) bond motifs is 1. The van der Waals surface area contributed by atoms with Crippen LogP contribution in [0.2, 0.25) is 0 Å². The maximum Gasteiger partial charge on any atom is 0.258 e. The van der Waals surface area contributed by atoms with Gasteiger partial charge in [0.25, 0.3) is 5.91 Å². The van der Waals surface area contributed by atoms with Gasteiger partial charge in [-0.25, -0.2) is 4.39 Å². The molecule has 1 aliphatic rings. The number of amides is 1. The predicted octanol–water partition coefficient (Wildman–Crippen LogP) is 5.01. The number of carbonyl (C=O) groups excluding carboxylic acids is 1. The molecule has 0 aliphatic carbocycles. The number of para-hydroxylation sites is 1. The third-order valence-corrected chi connectivity index (χ3v) is 5.35. The highest BCUT2D eigenvalue weighted by molar-refractivity contribution is 6.07. The van der Waals surface area contributed by atoms with Gasteiger partial charge in [-0.15, -0.1) is 0 Å². The van der Waals surface area contributed by atoms with E-state index in [0.29, 0.717) is 41.7 Å². The van der Waals surface area contributed by atoms with Crippen molar-refractivity contribution in [3.05, 3.63) is 83.2 Å². The second-order valence-corrected chi connectivity index (χ2v) is 7.29. The normalized spacial score (nSPS) is 12.8. The summed E-state index contributed by atoms with van der Waals surface area (Å²) in [6, 6.07) is 17.9. The summed E-state index contributed by atoms with van der Waals surface area (Å²) in [6.07, 6.45) is 1.52. The van der Waals surface area contributed by atoms with Gasteiger partial charge in [0.2, 0.25) is 5.75 Å². The van der Waals surface area contributed by atoms with Crippen molar-refractivity contribution >= 4 is 11.6 Å². The maximum absolute atomic E-state index is 14.6. The van der Waals surface area contributed by atoms with Crippen LogP contribution in [0.5, 0.6) is 17.2 Å². The Kier molecular flexibility index (Phi) is 6.07. The molecule has 5 nitrogen and oxygen atoms in total. The molecule has 0 atom stereocenters. The molecular formula is C25H24FNO4. The minimum absolute atomic E-state index is 0.308. The SMILES string of the molecule is COc1cc(C(=O)N2CCCc3cccc(F)c32)cc(OC)c1OCc1ccccc1. The summed E-state index contributed by atoms with van der Waals surface area (Å²) >= 11 is 0. The number of carbonyl (C=O) groups is 1. The number of hydrogen-bond acceptors (Lipinski definition) is 4. The summed E-state index contributed by atoms with van der Waals surface area (Å²) in [5, 5.41) is 0. The molecule has 1 aliphatic heterocycles. The van der Waals surface area contributed by atoms with Crippen LogP contribution in [0.25, 0.3) is 0 Å². The van der Waals surface area contributed by atoms with E-state index in [4.69, 9.17) is 14.2 Å². The van der Waals surface area contributed by atoms with Crippen LogP contribution in [-0.4, -0.2) is 26.7 Å². The number of anilines is 1. The molecule has 0 saturated heterocycles. The fraction of sp³-hybridized carbons (Fsp3) is 0.240. The van der Waals surface area contributed by atoms with Gasteiger partial charge in [-0.05, 0) is 42.2 Å². The second-order valence-electron chi connectivity index (χ2n) is 7.29. The molecule has 3 aromatic rings. The lowest BCUT2D eigenvalue weighted by Crippen LogP contribution is -2.36. The number of hydrogen-bond donors (Lipinski definition) is 0. The smallest absolute Gasteiger partial charge is 0.258 e. The minimum atomic E-state index is -0.396. The first-order valence-corrected chi connectivity index (χ1v) is 10.1. The van der Waals surface area contributed by atoms with E-state index in [1.54, 1.807) is 18.2 Å². The number of rotatable bonds is 6. The Hall–Kier alpha value is -3.54. The lowest BCUT2D eigenvalue weighted by atomic mass is 10.00. The number of benzene rings is 3. The molecule has 4 rings (SSSR count). The summed E-state index contributed by atoms with van der Waals surface area (Å²) < 4.78 is 31.5. The van der Waals surface area contributed by atoms with Crippen molar-refractivity contribution < 1.29 is 23.4 Å². The van der Waals surface area contributed by atoms with E-state index in [1.807, 2.05) is 36.4 Å². The molecule has 0 N–H and O–H groups in total. The van der Waals surface area contributed by atoms with Crippen LogP contribution in [0.1, 0.15) is 27.9 Å². The maximum atomic E-state index is 14.6. The summed E-state index contributed by atoms with van der Waals surface area (Å²) in [5.74, 6) is 0.467. The highest BCUT2D eigenvalue weighted by Gasteiger charge is 2.28. The van der Waals surface area contributed by atoms with Gasteiger partial charge in [0.05, 0.1) is 19.9 Å². The Morgan fingerprint density at radius 3 is 2.39 bits per heavy atom. The Bertz CT molecular complexity index is 1060. The van der Waals surface area contributed by atoms with Gasteiger partial charge in [-0.2, -0.15) is 0 Å². The molecule has 31 heavy (non-hydrogen) atoms. The first kappa shape index (κ1) is 20.7. The highest BCUT2D eigenvalue weighted by atomic mass is 19.1. The minimum Gasteiger partial charge on any atom is -0.493 e. The lowest BCUT2D eigenvalue weighted by molar-refractivity contribution is 0.0983. The number of ether oxygens (including phenoxy) is 3. The van der Waals surface area contributed by atoms with Crippen LogP contribution in [-0.2, 0) is 13.0 Å². The third-order valence-electron chi connectivity index (χ3n) is 5.35. The fourth-order valence-corrected chi connectivity index (χ4v) is 3.84. The molecule has 3 aromatic carbocycles. The summed E-state index contributed by atoms with van der Waals surface area (Å²) in [4.78, 5) is 14.8. The van der Waals surface area contributed by atoms with Gasteiger partial charge in [-0.1, -0.05) is 42.5 Å². The molecule has 6 heteroatoms. The Morgan fingerprint density at radius 2 is 1.71 bits per heavy atom. The van der Waals surface area contributed by atoms with Crippen LogP contribution >= 0.6 is 0 Å². The summed E-state index contributed by atoms with van der Waals surface area (Å²) in [5.41, 5.74) is 2.52. The number of halogens is 1.